The predicted molar refractivity (Wildman–Crippen MR) is 273 cm³/mol. The van der Waals surface area contributed by atoms with E-state index in [0.29, 0.717) is 33.8 Å². The summed E-state index contributed by atoms with van der Waals surface area (Å²) in [5.74, 6) is -0.120. The highest BCUT2D eigenvalue weighted by Crippen LogP contribution is 2.52. The van der Waals surface area contributed by atoms with E-state index in [0.717, 1.165) is 67.5 Å². The minimum atomic E-state index is -0.446. The molecule has 0 aliphatic heterocycles. The van der Waals surface area contributed by atoms with Crippen LogP contribution in [0.5, 0.6) is 11.5 Å². The highest BCUT2D eigenvalue weighted by atomic mass is 16.5. The van der Waals surface area contributed by atoms with Crippen molar-refractivity contribution in [1.82, 2.24) is 0 Å². The number of hydrogen-bond acceptors (Lipinski definition) is 10. The van der Waals surface area contributed by atoms with E-state index in [4.69, 9.17) is 18.9 Å². The Hall–Kier alpha value is -8.24. The van der Waals surface area contributed by atoms with Gasteiger partial charge in [0, 0.05) is 50.7 Å². The summed E-state index contributed by atoms with van der Waals surface area (Å²) in [6, 6.07) is 44.0. The second-order valence-corrected chi connectivity index (χ2v) is 17.8. The first-order valence-corrected chi connectivity index (χ1v) is 22.5. The molecular weight excluding hydrogens is 865 g/mol. The van der Waals surface area contributed by atoms with E-state index in [9.17, 15) is 19.2 Å². The van der Waals surface area contributed by atoms with Gasteiger partial charge in [-0.1, -0.05) is 76.6 Å². The van der Waals surface area contributed by atoms with Crippen LogP contribution in [0.3, 0.4) is 0 Å². The molecule has 0 fully saturated rings. The summed E-state index contributed by atoms with van der Waals surface area (Å²) in [5, 5.41) is 0. The zero-order valence-electron chi connectivity index (χ0n) is 40.0. The Morgan fingerprint density at radius 3 is 1.04 bits per heavy atom. The third kappa shape index (κ3) is 11.1. The standard InChI is InChI=1S/C59H56N2O8/c1-37(2)55(62)35-66-49-25-19-45(20-26-49)60(43-15-11-41(12-16-43)33-68-57(64)39(5)6)47-23-29-51-52-30-24-48(32-54(52)59(9,10)53(51)31-47)61(44-17-13-42(14-18-44)34-69-58(65)40(7)8)46-21-27-50(28-22-46)67-36-56(63)38(3)4/h11-32H,1,3,5,7,33-36H2,2,4,6,8-10H3. The molecule has 10 heteroatoms. The highest BCUT2D eigenvalue weighted by molar-refractivity contribution is 5.96. The van der Waals surface area contributed by atoms with Crippen LogP contribution in [0.1, 0.15) is 63.8 Å². The first-order valence-electron chi connectivity index (χ1n) is 22.5. The Morgan fingerprint density at radius 2 is 0.739 bits per heavy atom. The van der Waals surface area contributed by atoms with Gasteiger partial charge in [-0.15, -0.1) is 0 Å². The zero-order valence-corrected chi connectivity index (χ0v) is 40.0. The fraction of sp³-hybridized carbons (Fsp3) is 0.186. The Kier molecular flexibility index (Phi) is 14.6. The van der Waals surface area contributed by atoms with Crippen LogP contribution in [0.25, 0.3) is 11.1 Å². The van der Waals surface area contributed by atoms with Crippen LogP contribution in [0.4, 0.5) is 34.1 Å². The molecule has 350 valence electrons. The molecule has 0 atom stereocenters. The van der Waals surface area contributed by atoms with Crippen LogP contribution >= 0.6 is 0 Å². The maximum absolute atomic E-state index is 12.2. The Bertz CT molecular complexity index is 2630. The number of nitrogens with zero attached hydrogens (tertiary/aromatic N) is 2. The number of ether oxygens (including phenoxy) is 4. The number of rotatable bonds is 20. The lowest BCUT2D eigenvalue weighted by Crippen LogP contribution is -2.18. The lowest BCUT2D eigenvalue weighted by Gasteiger charge is -2.29. The third-order valence-corrected chi connectivity index (χ3v) is 11.9. The molecule has 1 aliphatic rings. The topological polar surface area (TPSA) is 112 Å². The first-order chi connectivity index (χ1) is 32.9. The van der Waals surface area contributed by atoms with Crippen molar-refractivity contribution in [2.75, 3.05) is 23.0 Å². The van der Waals surface area contributed by atoms with Gasteiger partial charge in [-0.25, -0.2) is 9.59 Å². The van der Waals surface area contributed by atoms with E-state index in [1.54, 1.807) is 27.7 Å². The van der Waals surface area contributed by atoms with Crippen LogP contribution < -0.4 is 19.3 Å². The summed E-state index contributed by atoms with van der Waals surface area (Å²) in [7, 11) is 0. The maximum Gasteiger partial charge on any atom is 0.333 e. The summed E-state index contributed by atoms with van der Waals surface area (Å²) >= 11 is 0. The van der Waals surface area contributed by atoms with Crippen LogP contribution in [-0.4, -0.2) is 36.7 Å². The monoisotopic (exact) mass is 920 g/mol. The summed E-state index contributed by atoms with van der Waals surface area (Å²) in [6.07, 6.45) is 0. The molecule has 10 nitrogen and oxygen atoms in total. The third-order valence-electron chi connectivity index (χ3n) is 11.9. The van der Waals surface area contributed by atoms with Crippen molar-refractivity contribution in [2.45, 2.75) is 60.2 Å². The van der Waals surface area contributed by atoms with Gasteiger partial charge in [-0.2, -0.15) is 0 Å². The number of anilines is 6. The van der Waals surface area contributed by atoms with Crippen molar-refractivity contribution in [3.8, 4) is 22.6 Å². The van der Waals surface area contributed by atoms with Gasteiger partial charge >= 0.3 is 11.9 Å². The number of carbonyl (C=O) groups excluding carboxylic acids is 4. The van der Waals surface area contributed by atoms with Crippen molar-refractivity contribution >= 4 is 57.6 Å². The number of ketones is 2. The van der Waals surface area contributed by atoms with Crippen LogP contribution in [-0.2, 0) is 47.3 Å². The maximum atomic E-state index is 12.2. The molecule has 69 heavy (non-hydrogen) atoms. The number of fused-ring (bicyclic) bond motifs is 3. The number of Topliss-reactive ketones (excluding diaryl/α,β-unsaturated/α-hetero) is 2. The zero-order chi connectivity index (χ0) is 49.6. The molecule has 7 rings (SSSR count). The fourth-order valence-corrected chi connectivity index (χ4v) is 7.84. The second kappa shape index (κ2) is 20.7. The molecule has 6 aromatic carbocycles. The fourth-order valence-electron chi connectivity index (χ4n) is 7.84. The Morgan fingerprint density at radius 1 is 0.435 bits per heavy atom. The normalized spacial score (nSPS) is 11.9. The smallest absolute Gasteiger partial charge is 0.333 e. The van der Waals surface area contributed by atoms with Crippen LogP contribution in [0.15, 0.2) is 182 Å². The van der Waals surface area contributed by atoms with E-state index in [2.05, 4.69) is 86.4 Å². The molecule has 0 saturated carbocycles. The van der Waals surface area contributed by atoms with Gasteiger partial charge in [0.25, 0.3) is 0 Å². The summed E-state index contributed by atoms with van der Waals surface area (Å²) < 4.78 is 22.5. The second-order valence-electron chi connectivity index (χ2n) is 17.8. The van der Waals surface area contributed by atoms with E-state index in [1.807, 2.05) is 97.1 Å². The van der Waals surface area contributed by atoms with Crippen molar-refractivity contribution in [1.29, 1.82) is 0 Å². The SMILES string of the molecule is C=C(C)C(=O)COc1ccc(N(c2ccc(COC(=O)C(=C)C)cc2)c2ccc3c(c2)C(C)(C)c2cc(N(c4ccc(COC(=O)C(=C)C)cc4)c4ccc(OCC(=O)C(=C)C)cc4)ccc2-3)cc1. The largest absolute Gasteiger partial charge is 0.485 e. The van der Waals surface area contributed by atoms with Gasteiger partial charge in [0.15, 0.2) is 24.8 Å². The molecule has 0 N–H and O–H groups in total. The lowest BCUT2D eigenvalue weighted by molar-refractivity contribution is -0.141. The predicted octanol–water partition coefficient (Wildman–Crippen LogP) is 13.2. The minimum Gasteiger partial charge on any atom is -0.485 e. The molecule has 0 saturated heterocycles. The van der Waals surface area contributed by atoms with Gasteiger partial charge in [0.2, 0.25) is 0 Å². The van der Waals surface area contributed by atoms with Gasteiger partial charge in [0.05, 0.1) is 0 Å². The van der Waals surface area contributed by atoms with Crippen LogP contribution in [0.2, 0.25) is 0 Å². The van der Waals surface area contributed by atoms with E-state index < -0.39 is 17.4 Å². The molecule has 0 unspecified atom stereocenters. The average Bonchev–Trinajstić information content (AvgIpc) is 3.56. The van der Waals surface area contributed by atoms with Gasteiger partial charge < -0.3 is 28.7 Å². The molecule has 6 aromatic rings. The van der Waals surface area contributed by atoms with Gasteiger partial charge in [0.1, 0.15) is 24.7 Å². The summed E-state index contributed by atoms with van der Waals surface area (Å²) in [4.78, 5) is 53.1. The van der Waals surface area contributed by atoms with Crippen molar-refractivity contribution in [3.05, 3.63) is 204 Å². The van der Waals surface area contributed by atoms with E-state index in [-0.39, 0.29) is 38.0 Å². The van der Waals surface area contributed by atoms with Crippen molar-refractivity contribution in [3.63, 3.8) is 0 Å². The minimum absolute atomic E-state index is 0.0998. The molecule has 0 bridgehead atoms. The molecule has 0 spiro atoms. The molecule has 1 aliphatic carbocycles. The number of esters is 2. The summed E-state index contributed by atoms with van der Waals surface area (Å²) in [5.41, 5.74) is 12.6. The number of benzene rings is 6. The van der Waals surface area contributed by atoms with Crippen molar-refractivity contribution < 1.29 is 38.1 Å². The lowest BCUT2D eigenvalue weighted by atomic mass is 9.82. The highest BCUT2D eigenvalue weighted by Gasteiger charge is 2.37. The number of carbonyl (C=O) groups is 4. The van der Waals surface area contributed by atoms with Gasteiger partial charge in [-0.3, -0.25) is 9.59 Å². The molecule has 0 heterocycles. The van der Waals surface area contributed by atoms with E-state index in [1.165, 1.54) is 0 Å². The van der Waals surface area contributed by atoms with Crippen molar-refractivity contribution in [2.24, 2.45) is 0 Å². The molecule has 0 amide bonds. The number of hydrogen-bond donors (Lipinski definition) is 0. The molecule has 0 aromatic heterocycles. The Balaban J connectivity index is 1.24. The molecule has 0 radical (unpaired) electrons. The summed E-state index contributed by atoms with van der Waals surface area (Å²) in [6.45, 7) is 25.9. The van der Waals surface area contributed by atoms with E-state index >= 15 is 0 Å². The Labute approximate surface area is 404 Å². The average molecular weight is 921 g/mol. The van der Waals surface area contributed by atoms with Gasteiger partial charge in [-0.05, 0) is 169 Å². The molecular formula is C59H56N2O8. The quantitative estimate of drug-likeness (QED) is 0.0542. The first kappa shape index (κ1) is 48.7. The van der Waals surface area contributed by atoms with Crippen LogP contribution in [0, 0.1) is 0 Å².